The van der Waals surface area contributed by atoms with Crippen LogP contribution >= 0.6 is 0 Å². The van der Waals surface area contributed by atoms with Crippen molar-refractivity contribution in [1.82, 2.24) is 4.72 Å². The second kappa shape index (κ2) is 4.42. The van der Waals surface area contributed by atoms with Crippen LogP contribution in [0.2, 0.25) is 0 Å². The van der Waals surface area contributed by atoms with Crippen LogP contribution in [0, 0.1) is 5.92 Å². The predicted molar refractivity (Wildman–Crippen MR) is 54.0 cm³/mol. The van der Waals surface area contributed by atoms with E-state index in [-0.39, 0.29) is 11.8 Å². The summed E-state index contributed by atoms with van der Waals surface area (Å²) in [7, 11) is -3.01. The molecule has 0 aromatic rings. The number of hydrogen-bond acceptors (Lipinski definition) is 2. The Morgan fingerprint density at radius 3 is 2.38 bits per heavy atom. The molecule has 0 aromatic carbocycles. The molecule has 1 aliphatic rings. The van der Waals surface area contributed by atoms with Crippen LogP contribution in [0.3, 0.4) is 0 Å². The van der Waals surface area contributed by atoms with Crippen molar-refractivity contribution in [2.24, 2.45) is 5.92 Å². The van der Waals surface area contributed by atoms with Crippen molar-refractivity contribution in [2.45, 2.75) is 45.6 Å². The lowest BCUT2D eigenvalue weighted by Crippen LogP contribution is -2.37. The zero-order valence-corrected chi connectivity index (χ0v) is 9.23. The molecule has 0 heterocycles. The first-order valence-electron chi connectivity index (χ1n) is 5.05. The largest absolute Gasteiger partial charge is 0.212 e. The van der Waals surface area contributed by atoms with Gasteiger partial charge in [0.15, 0.2) is 0 Å². The van der Waals surface area contributed by atoms with E-state index in [4.69, 9.17) is 0 Å². The molecule has 0 aliphatic heterocycles. The van der Waals surface area contributed by atoms with E-state index in [1.165, 1.54) is 25.7 Å². The van der Waals surface area contributed by atoms with E-state index < -0.39 is 10.0 Å². The van der Waals surface area contributed by atoms with Crippen LogP contribution in [0.25, 0.3) is 0 Å². The molecule has 1 atom stereocenters. The van der Waals surface area contributed by atoms with Crippen molar-refractivity contribution in [2.75, 3.05) is 5.75 Å². The van der Waals surface area contributed by atoms with Crippen molar-refractivity contribution >= 4 is 10.0 Å². The predicted octanol–water partition coefficient (Wildman–Crippen LogP) is 1.50. The molecule has 4 heteroatoms. The first kappa shape index (κ1) is 11.0. The standard InChI is InChI=1S/C9H19NO2S/c1-3-13(11,12)10-8(2)9-6-4-5-7-9/h8-10H,3-7H2,1-2H3/t8-/m1/s1. The zero-order chi connectivity index (χ0) is 9.90. The molecular formula is C9H19NO2S. The van der Waals surface area contributed by atoms with E-state index in [0.29, 0.717) is 5.92 Å². The van der Waals surface area contributed by atoms with Gasteiger partial charge in [0.1, 0.15) is 0 Å². The van der Waals surface area contributed by atoms with Gasteiger partial charge in [0.05, 0.1) is 5.75 Å². The van der Waals surface area contributed by atoms with Gasteiger partial charge < -0.3 is 0 Å². The van der Waals surface area contributed by atoms with E-state index in [0.717, 1.165) is 0 Å². The van der Waals surface area contributed by atoms with Gasteiger partial charge in [-0.05, 0) is 32.6 Å². The molecule has 0 saturated heterocycles. The molecule has 1 rings (SSSR count). The van der Waals surface area contributed by atoms with Gasteiger partial charge in [-0.2, -0.15) is 0 Å². The minimum absolute atomic E-state index is 0.118. The summed E-state index contributed by atoms with van der Waals surface area (Å²) in [5.41, 5.74) is 0. The van der Waals surface area contributed by atoms with Crippen molar-refractivity contribution in [3.8, 4) is 0 Å². The summed E-state index contributed by atoms with van der Waals surface area (Å²) >= 11 is 0. The van der Waals surface area contributed by atoms with Crippen molar-refractivity contribution in [3.63, 3.8) is 0 Å². The summed E-state index contributed by atoms with van der Waals surface area (Å²) in [4.78, 5) is 0. The molecule has 1 aliphatic carbocycles. The van der Waals surface area contributed by atoms with E-state index in [1.54, 1.807) is 6.92 Å². The van der Waals surface area contributed by atoms with Crippen molar-refractivity contribution in [1.29, 1.82) is 0 Å². The van der Waals surface area contributed by atoms with E-state index in [9.17, 15) is 8.42 Å². The third-order valence-electron chi connectivity index (χ3n) is 2.85. The summed E-state index contributed by atoms with van der Waals surface area (Å²) < 4.78 is 25.2. The summed E-state index contributed by atoms with van der Waals surface area (Å²) in [6.45, 7) is 3.65. The molecule has 3 nitrogen and oxygen atoms in total. The lowest BCUT2D eigenvalue weighted by atomic mass is 10.0. The lowest BCUT2D eigenvalue weighted by Gasteiger charge is -2.19. The highest BCUT2D eigenvalue weighted by Gasteiger charge is 2.24. The molecule has 0 aromatic heterocycles. The second-order valence-corrected chi connectivity index (χ2v) is 5.90. The van der Waals surface area contributed by atoms with Crippen LogP contribution < -0.4 is 4.72 Å². The second-order valence-electron chi connectivity index (χ2n) is 3.85. The van der Waals surface area contributed by atoms with Crippen LogP contribution in [0.4, 0.5) is 0 Å². The molecule has 1 fully saturated rings. The van der Waals surface area contributed by atoms with Gasteiger partial charge in [0, 0.05) is 6.04 Å². The molecular weight excluding hydrogens is 186 g/mol. The Bertz CT molecular complexity index is 242. The van der Waals surface area contributed by atoms with E-state index in [2.05, 4.69) is 4.72 Å². The first-order valence-corrected chi connectivity index (χ1v) is 6.70. The molecule has 0 unspecified atom stereocenters. The van der Waals surface area contributed by atoms with E-state index >= 15 is 0 Å². The Labute approximate surface area is 81.0 Å². The Kier molecular flexibility index (Phi) is 3.74. The highest BCUT2D eigenvalue weighted by atomic mass is 32.2. The smallest absolute Gasteiger partial charge is 0.211 e. The highest BCUT2D eigenvalue weighted by Crippen LogP contribution is 2.27. The molecule has 0 radical (unpaired) electrons. The van der Waals surface area contributed by atoms with Gasteiger partial charge in [-0.3, -0.25) is 0 Å². The molecule has 1 N–H and O–H groups in total. The van der Waals surface area contributed by atoms with Crippen LogP contribution in [0.15, 0.2) is 0 Å². The Hall–Kier alpha value is -0.0900. The normalized spacial score (nSPS) is 22.0. The third kappa shape index (κ3) is 3.27. The maximum Gasteiger partial charge on any atom is 0.211 e. The Morgan fingerprint density at radius 2 is 1.92 bits per heavy atom. The topological polar surface area (TPSA) is 46.2 Å². The highest BCUT2D eigenvalue weighted by molar-refractivity contribution is 7.89. The van der Waals surface area contributed by atoms with Crippen LogP contribution in [-0.4, -0.2) is 20.2 Å². The fourth-order valence-electron chi connectivity index (χ4n) is 1.92. The average molecular weight is 205 g/mol. The van der Waals surface area contributed by atoms with Gasteiger partial charge >= 0.3 is 0 Å². The third-order valence-corrected chi connectivity index (χ3v) is 4.34. The van der Waals surface area contributed by atoms with Crippen LogP contribution in [0.1, 0.15) is 39.5 Å². The fourth-order valence-corrected chi connectivity index (χ4v) is 2.85. The SMILES string of the molecule is CCS(=O)(=O)N[C@H](C)C1CCCC1. The maximum absolute atomic E-state index is 11.3. The minimum atomic E-state index is -3.01. The van der Waals surface area contributed by atoms with Gasteiger partial charge in [0.25, 0.3) is 0 Å². The molecule has 1 saturated carbocycles. The van der Waals surface area contributed by atoms with Crippen LogP contribution in [0.5, 0.6) is 0 Å². The molecule has 0 bridgehead atoms. The number of sulfonamides is 1. The van der Waals surface area contributed by atoms with Gasteiger partial charge in [0.2, 0.25) is 10.0 Å². The minimum Gasteiger partial charge on any atom is -0.212 e. The van der Waals surface area contributed by atoms with Gasteiger partial charge in [-0.15, -0.1) is 0 Å². The summed E-state index contributed by atoms with van der Waals surface area (Å²) in [6.07, 6.45) is 4.85. The molecule has 13 heavy (non-hydrogen) atoms. The molecule has 0 amide bonds. The molecule has 78 valence electrons. The monoisotopic (exact) mass is 205 g/mol. The first-order chi connectivity index (χ1) is 6.05. The zero-order valence-electron chi connectivity index (χ0n) is 8.41. The van der Waals surface area contributed by atoms with Gasteiger partial charge in [-0.25, -0.2) is 13.1 Å². The summed E-state index contributed by atoms with van der Waals surface area (Å²) in [6, 6.07) is 0.118. The van der Waals surface area contributed by atoms with E-state index in [1.807, 2.05) is 6.92 Å². The Balaban J connectivity index is 2.44. The van der Waals surface area contributed by atoms with Crippen molar-refractivity contribution in [3.05, 3.63) is 0 Å². The quantitative estimate of drug-likeness (QED) is 0.756. The van der Waals surface area contributed by atoms with Crippen LogP contribution in [-0.2, 0) is 10.0 Å². The average Bonchev–Trinajstić information content (AvgIpc) is 2.55. The Morgan fingerprint density at radius 1 is 1.38 bits per heavy atom. The maximum atomic E-state index is 11.3. The molecule has 0 spiro atoms. The number of hydrogen-bond donors (Lipinski definition) is 1. The summed E-state index contributed by atoms with van der Waals surface area (Å²) in [5.74, 6) is 0.741. The fraction of sp³-hybridized carbons (Fsp3) is 1.00. The summed E-state index contributed by atoms with van der Waals surface area (Å²) in [5, 5.41) is 0. The van der Waals surface area contributed by atoms with Crippen molar-refractivity contribution < 1.29 is 8.42 Å². The number of rotatable bonds is 4. The van der Waals surface area contributed by atoms with Gasteiger partial charge in [-0.1, -0.05) is 12.8 Å². The number of nitrogens with one attached hydrogen (secondary N) is 1. The lowest BCUT2D eigenvalue weighted by molar-refractivity contribution is 0.424.